The molecule has 0 aliphatic carbocycles. The second-order valence-corrected chi connectivity index (χ2v) is 7.80. The van der Waals surface area contributed by atoms with E-state index in [2.05, 4.69) is 84.5 Å². The van der Waals surface area contributed by atoms with Gasteiger partial charge in [-0.3, -0.25) is 4.99 Å². The lowest BCUT2D eigenvalue weighted by Crippen LogP contribution is -2.36. The van der Waals surface area contributed by atoms with Crippen molar-refractivity contribution in [2.24, 2.45) is 4.99 Å². The highest BCUT2D eigenvalue weighted by Gasteiger charge is 2.19. The maximum atomic E-state index is 5.81. The quantitative estimate of drug-likeness (QED) is 0.577. The molecule has 1 heterocycles. The summed E-state index contributed by atoms with van der Waals surface area (Å²) in [5.74, 6) is 2.27. The van der Waals surface area contributed by atoms with E-state index in [1.54, 1.807) is 13.2 Å². The minimum Gasteiger partial charge on any atom is -0.443 e. The van der Waals surface area contributed by atoms with Gasteiger partial charge in [-0.05, 0) is 24.7 Å². The minimum atomic E-state index is -0.0396. The standard InChI is InChI=1S/C21H33N5O/c1-7-26(6)15-17-10-8-9-16(11-17)12-24-20(22-5)25-14-19-23-13-18(27-19)21(2,3)4/h8-11,13H,7,12,14-15H2,1-6H3,(H2,22,24,25). The molecule has 0 atom stereocenters. The zero-order valence-corrected chi connectivity index (χ0v) is 17.5. The van der Waals surface area contributed by atoms with Crippen molar-refractivity contribution in [3.8, 4) is 0 Å². The van der Waals surface area contributed by atoms with Gasteiger partial charge in [0, 0.05) is 25.6 Å². The Hall–Kier alpha value is -2.34. The first-order valence-electron chi connectivity index (χ1n) is 9.48. The summed E-state index contributed by atoms with van der Waals surface area (Å²) >= 11 is 0. The van der Waals surface area contributed by atoms with Gasteiger partial charge in [-0.1, -0.05) is 52.0 Å². The third-order valence-corrected chi connectivity index (χ3v) is 4.37. The number of oxazole rings is 1. The van der Waals surface area contributed by atoms with Gasteiger partial charge in [0.2, 0.25) is 5.89 Å². The van der Waals surface area contributed by atoms with Crippen LogP contribution in [0.3, 0.4) is 0 Å². The average molecular weight is 372 g/mol. The van der Waals surface area contributed by atoms with Crippen LogP contribution in [-0.2, 0) is 25.0 Å². The van der Waals surface area contributed by atoms with Gasteiger partial charge in [-0.2, -0.15) is 0 Å². The Balaban J connectivity index is 1.87. The number of guanidine groups is 1. The number of nitrogens with one attached hydrogen (secondary N) is 2. The summed E-state index contributed by atoms with van der Waals surface area (Å²) in [5, 5.41) is 6.59. The minimum absolute atomic E-state index is 0.0396. The van der Waals surface area contributed by atoms with Crippen LogP contribution in [0.25, 0.3) is 0 Å². The summed E-state index contributed by atoms with van der Waals surface area (Å²) in [5.41, 5.74) is 2.50. The van der Waals surface area contributed by atoms with Gasteiger partial charge in [0.1, 0.15) is 5.76 Å². The summed E-state index contributed by atoms with van der Waals surface area (Å²) in [6.07, 6.45) is 1.80. The Morgan fingerprint density at radius 2 is 1.89 bits per heavy atom. The van der Waals surface area contributed by atoms with E-state index in [4.69, 9.17) is 4.42 Å². The molecule has 27 heavy (non-hydrogen) atoms. The molecule has 2 aromatic rings. The van der Waals surface area contributed by atoms with Gasteiger partial charge in [0.15, 0.2) is 5.96 Å². The van der Waals surface area contributed by atoms with Crippen molar-refractivity contribution in [2.45, 2.75) is 52.7 Å². The summed E-state index contributed by atoms with van der Waals surface area (Å²) in [6.45, 7) is 11.7. The highest BCUT2D eigenvalue weighted by atomic mass is 16.4. The van der Waals surface area contributed by atoms with Gasteiger partial charge in [-0.25, -0.2) is 4.98 Å². The van der Waals surface area contributed by atoms with Crippen LogP contribution < -0.4 is 10.6 Å². The monoisotopic (exact) mass is 371 g/mol. The second-order valence-electron chi connectivity index (χ2n) is 7.80. The van der Waals surface area contributed by atoms with Crippen molar-refractivity contribution < 1.29 is 4.42 Å². The highest BCUT2D eigenvalue weighted by Crippen LogP contribution is 2.22. The Bertz CT molecular complexity index is 745. The first-order valence-corrected chi connectivity index (χ1v) is 9.48. The van der Waals surface area contributed by atoms with Crippen LogP contribution in [-0.4, -0.2) is 36.5 Å². The Morgan fingerprint density at radius 1 is 1.19 bits per heavy atom. The largest absolute Gasteiger partial charge is 0.443 e. The molecule has 6 heteroatoms. The fourth-order valence-electron chi connectivity index (χ4n) is 2.57. The van der Waals surface area contributed by atoms with Crippen LogP contribution in [0.5, 0.6) is 0 Å². The summed E-state index contributed by atoms with van der Waals surface area (Å²) in [4.78, 5) is 10.9. The number of rotatable bonds is 7. The number of hydrogen-bond donors (Lipinski definition) is 2. The predicted octanol–water partition coefficient (Wildman–Crippen LogP) is 3.29. The van der Waals surface area contributed by atoms with Gasteiger partial charge >= 0.3 is 0 Å². The second kappa shape index (κ2) is 9.55. The van der Waals surface area contributed by atoms with Crippen LogP contribution in [0.4, 0.5) is 0 Å². The molecular weight excluding hydrogens is 338 g/mol. The maximum absolute atomic E-state index is 5.81. The highest BCUT2D eigenvalue weighted by molar-refractivity contribution is 5.79. The van der Waals surface area contributed by atoms with Gasteiger partial charge in [0.05, 0.1) is 12.7 Å². The number of aliphatic imine (C=N–C) groups is 1. The lowest BCUT2D eigenvalue weighted by molar-refractivity contribution is 0.345. The molecule has 2 N–H and O–H groups in total. The topological polar surface area (TPSA) is 65.7 Å². The molecule has 0 spiro atoms. The van der Waals surface area contributed by atoms with Crippen molar-refractivity contribution in [1.29, 1.82) is 0 Å². The van der Waals surface area contributed by atoms with E-state index >= 15 is 0 Å². The molecule has 1 aromatic carbocycles. The molecule has 0 saturated carbocycles. The zero-order valence-electron chi connectivity index (χ0n) is 17.5. The number of aromatic nitrogens is 1. The Morgan fingerprint density at radius 3 is 2.52 bits per heavy atom. The number of benzene rings is 1. The van der Waals surface area contributed by atoms with E-state index in [-0.39, 0.29) is 5.41 Å². The number of nitrogens with zero attached hydrogens (tertiary/aromatic N) is 3. The normalized spacial score (nSPS) is 12.5. The molecule has 0 aliphatic rings. The fourth-order valence-corrected chi connectivity index (χ4v) is 2.57. The van der Waals surface area contributed by atoms with Crippen molar-refractivity contribution in [3.05, 3.63) is 53.2 Å². The van der Waals surface area contributed by atoms with Crippen LogP contribution in [0, 0.1) is 0 Å². The Kier molecular flexibility index (Phi) is 7.42. The fraction of sp³-hybridized carbons (Fsp3) is 0.524. The number of hydrogen-bond acceptors (Lipinski definition) is 4. The van der Waals surface area contributed by atoms with Gasteiger partial charge in [-0.15, -0.1) is 0 Å². The molecule has 148 valence electrons. The SMILES string of the molecule is CCN(C)Cc1cccc(CNC(=NC)NCc2ncc(C(C)(C)C)o2)c1. The van der Waals surface area contributed by atoms with E-state index in [9.17, 15) is 0 Å². The molecule has 0 unspecified atom stereocenters. The maximum Gasteiger partial charge on any atom is 0.213 e. The van der Waals surface area contributed by atoms with Crippen molar-refractivity contribution in [1.82, 2.24) is 20.5 Å². The molecule has 6 nitrogen and oxygen atoms in total. The van der Waals surface area contributed by atoms with Crippen molar-refractivity contribution in [2.75, 3.05) is 20.6 Å². The van der Waals surface area contributed by atoms with E-state index in [0.29, 0.717) is 19.0 Å². The lowest BCUT2D eigenvalue weighted by atomic mass is 9.94. The smallest absolute Gasteiger partial charge is 0.213 e. The van der Waals surface area contributed by atoms with Crippen LogP contribution in [0.15, 0.2) is 39.9 Å². The Labute approximate surface area is 163 Å². The molecule has 0 bridgehead atoms. The third kappa shape index (κ3) is 6.71. The van der Waals surface area contributed by atoms with Crippen LogP contribution in [0.1, 0.15) is 50.5 Å². The first kappa shape index (κ1) is 21.0. The first-order chi connectivity index (χ1) is 12.8. The van der Waals surface area contributed by atoms with Gasteiger partial charge in [0.25, 0.3) is 0 Å². The molecule has 0 aliphatic heterocycles. The summed E-state index contributed by atoms with van der Waals surface area (Å²) in [6, 6.07) is 8.63. The van der Waals surface area contributed by atoms with E-state index in [1.165, 1.54) is 11.1 Å². The zero-order chi connectivity index (χ0) is 19.9. The summed E-state index contributed by atoms with van der Waals surface area (Å²) < 4.78 is 5.81. The molecule has 2 rings (SSSR count). The molecule has 0 saturated heterocycles. The predicted molar refractivity (Wildman–Crippen MR) is 111 cm³/mol. The molecular formula is C21H33N5O. The molecule has 0 fully saturated rings. The molecule has 0 amide bonds. The molecule has 1 aromatic heterocycles. The average Bonchev–Trinajstić information content (AvgIpc) is 3.11. The van der Waals surface area contributed by atoms with E-state index < -0.39 is 0 Å². The lowest BCUT2D eigenvalue weighted by Gasteiger charge is -2.15. The third-order valence-electron chi connectivity index (χ3n) is 4.37. The summed E-state index contributed by atoms with van der Waals surface area (Å²) in [7, 11) is 3.89. The van der Waals surface area contributed by atoms with Crippen molar-refractivity contribution in [3.63, 3.8) is 0 Å². The van der Waals surface area contributed by atoms with E-state index in [1.807, 2.05) is 0 Å². The van der Waals surface area contributed by atoms with Crippen LogP contribution in [0.2, 0.25) is 0 Å². The van der Waals surface area contributed by atoms with E-state index in [0.717, 1.165) is 24.8 Å². The van der Waals surface area contributed by atoms with Gasteiger partial charge < -0.3 is 20.0 Å². The van der Waals surface area contributed by atoms with Crippen LogP contribution >= 0.6 is 0 Å². The van der Waals surface area contributed by atoms with Crippen molar-refractivity contribution >= 4 is 5.96 Å². The molecule has 0 radical (unpaired) electrons.